The Labute approximate surface area is 122 Å². The molecule has 0 spiro atoms. The minimum absolute atomic E-state index is 0.583. The molecule has 1 aromatic heterocycles. The van der Waals surface area contributed by atoms with Crippen LogP contribution in [-0.4, -0.2) is 34.4 Å². The Morgan fingerprint density at radius 2 is 2.16 bits per heavy atom. The standard InChI is InChI=1S/C15H29N3S/c1-5-9-16-14(8-10-19-4)12-15-11-13(6-2)17-18(15)7-3/h11,14,16H,5-10,12H2,1-4H3. The molecule has 0 saturated heterocycles. The van der Waals surface area contributed by atoms with E-state index in [0.29, 0.717) is 6.04 Å². The van der Waals surface area contributed by atoms with Gasteiger partial charge in [-0.3, -0.25) is 4.68 Å². The smallest absolute Gasteiger partial charge is 0.0624 e. The number of aryl methyl sites for hydroxylation is 2. The minimum atomic E-state index is 0.583. The van der Waals surface area contributed by atoms with Crippen LogP contribution < -0.4 is 5.32 Å². The zero-order chi connectivity index (χ0) is 14.1. The quantitative estimate of drug-likeness (QED) is 0.715. The first-order valence-electron chi connectivity index (χ1n) is 7.52. The number of thioether (sulfide) groups is 1. The lowest BCUT2D eigenvalue weighted by Crippen LogP contribution is -2.33. The minimum Gasteiger partial charge on any atom is -0.314 e. The van der Waals surface area contributed by atoms with Crippen molar-refractivity contribution >= 4 is 11.8 Å². The van der Waals surface area contributed by atoms with Crippen LogP contribution >= 0.6 is 11.8 Å². The molecule has 1 rings (SSSR count). The summed E-state index contributed by atoms with van der Waals surface area (Å²) < 4.78 is 2.17. The first-order chi connectivity index (χ1) is 9.24. The lowest BCUT2D eigenvalue weighted by molar-refractivity contribution is 0.477. The molecule has 1 atom stereocenters. The van der Waals surface area contributed by atoms with Gasteiger partial charge in [0.15, 0.2) is 0 Å². The summed E-state index contributed by atoms with van der Waals surface area (Å²) in [6.45, 7) is 8.65. The summed E-state index contributed by atoms with van der Waals surface area (Å²) in [5.41, 5.74) is 2.60. The summed E-state index contributed by atoms with van der Waals surface area (Å²) in [6, 6.07) is 2.86. The molecule has 1 unspecified atom stereocenters. The lowest BCUT2D eigenvalue weighted by Gasteiger charge is -2.18. The predicted octanol–water partition coefficient (Wildman–Crippen LogP) is 3.13. The number of hydrogen-bond donors (Lipinski definition) is 1. The first-order valence-corrected chi connectivity index (χ1v) is 8.92. The second-order valence-corrected chi connectivity index (χ2v) is 5.92. The summed E-state index contributed by atoms with van der Waals surface area (Å²) in [6.07, 6.45) is 6.74. The van der Waals surface area contributed by atoms with Crippen molar-refractivity contribution in [3.63, 3.8) is 0 Å². The average molecular weight is 283 g/mol. The number of aromatic nitrogens is 2. The topological polar surface area (TPSA) is 29.9 Å². The second kappa shape index (κ2) is 9.43. The molecule has 3 nitrogen and oxygen atoms in total. The maximum Gasteiger partial charge on any atom is 0.0624 e. The Kier molecular flexibility index (Phi) is 8.22. The molecule has 0 saturated carbocycles. The van der Waals surface area contributed by atoms with E-state index in [1.165, 1.54) is 30.0 Å². The van der Waals surface area contributed by atoms with E-state index in [-0.39, 0.29) is 0 Å². The molecule has 0 radical (unpaired) electrons. The fraction of sp³-hybridized carbons (Fsp3) is 0.800. The molecule has 0 fully saturated rings. The van der Waals surface area contributed by atoms with Gasteiger partial charge in [0.05, 0.1) is 5.69 Å². The molecule has 0 aliphatic heterocycles. The summed E-state index contributed by atoms with van der Waals surface area (Å²) >= 11 is 1.93. The van der Waals surface area contributed by atoms with Crippen molar-refractivity contribution < 1.29 is 0 Å². The van der Waals surface area contributed by atoms with E-state index < -0.39 is 0 Å². The van der Waals surface area contributed by atoms with E-state index in [4.69, 9.17) is 0 Å². The van der Waals surface area contributed by atoms with E-state index in [2.05, 4.69) is 48.2 Å². The highest BCUT2D eigenvalue weighted by Crippen LogP contribution is 2.11. The average Bonchev–Trinajstić information content (AvgIpc) is 2.83. The van der Waals surface area contributed by atoms with Crippen molar-refractivity contribution in [2.75, 3.05) is 18.6 Å². The van der Waals surface area contributed by atoms with Gasteiger partial charge in [0.25, 0.3) is 0 Å². The Morgan fingerprint density at radius 3 is 2.74 bits per heavy atom. The third kappa shape index (κ3) is 5.57. The van der Waals surface area contributed by atoms with E-state index in [9.17, 15) is 0 Å². The van der Waals surface area contributed by atoms with Crippen LogP contribution in [0.2, 0.25) is 0 Å². The first kappa shape index (κ1) is 16.6. The number of hydrogen-bond acceptors (Lipinski definition) is 3. The van der Waals surface area contributed by atoms with Gasteiger partial charge in [0.2, 0.25) is 0 Å². The van der Waals surface area contributed by atoms with Crippen molar-refractivity contribution in [3.05, 3.63) is 17.5 Å². The summed E-state index contributed by atoms with van der Waals surface area (Å²) in [4.78, 5) is 0. The largest absolute Gasteiger partial charge is 0.314 e. The molecule has 0 bridgehead atoms. The fourth-order valence-corrected chi connectivity index (χ4v) is 2.78. The van der Waals surface area contributed by atoms with E-state index in [0.717, 1.165) is 25.9 Å². The van der Waals surface area contributed by atoms with Gasteiger partial charge < -0.3 is 5.32 Å². The van der Waals surface area contributed by atoms with Crippen molar-refractivity contribution in [1.82, 2.24) is 15.1 Å². The van der Waals surface area contributed by atoms with Gasteiger partial charge in [-0.2, -0.15) is 16.9 Å². The molecule has 1 N–H and O–H groups in total. The highest BCUT2D eigenvalue weighted by atomic mass is 32.2. The SMILES string of the molecule is CCCNC(CCSC)Cc1cc(CC)nn1CC. The van der Waals surface area contributed by atoms with Gasteiger partial charge in [-0.15, -0.1) is 0 Å². The second-order valence-electron chi connectivity index (χ2n) is 4.93. The maximum absolute atomic E-state index is 4.64. The molecule has 110 valence electrons. The molecule has 0 aromatic carbocycles. The van der Waals surface area contributed by atoms with Crippen LogP contribution in [-0.2, 0) is 19.4 Å². The van der Waals surface area contributed by atoms with Crippen molar-refractivity contribution in [2.45, 2.75) is 59.0 Å². The van der Waals surface area contributed by atoms with Gasteiger partial charge in [0, 0.05) is 24.7 Å². The third-order valence-electron chi connectivity index (χ3n) is 3.38. The molecular weight excluding hydrogens is 254 g/mol. The van der Waals surface area contributed by atoms with Crippen molar-refractivity contribution in [3.8, 4) is 0 Å². The molecule has 19 heavy (non-hydrogen) atoms. The number of nitrogens with zero attached hydrogens (tertiary/aromatic N) is 2. The Bertz CT molecular complexity index is 341. The molecule has 0 aliphatic rings. The van der Waals surface area contributed by atoms with Gasteiger partial charge >= 0.3 is 0 Å². The van der Waals surface area contributed by atoms with Crippen molar-refractivity contribution in [1.29, 1.82) is 0 Å². The van der Waals surface area contributed by atoms with Crippen LogP contribution in [0.5, 0.6) is 0 Å². The number of rotatable bonds is 10. The van der Waals surface area contributed by atoms with Gasteiger partial charge in [-0.05, 0) is 50.8 Å². The fourth-order valence-electron chi connectivity index (χ4n) is 2.26. The molecule has 0 aliphatic carbocycles. The Hall–Kier alpha value is -0.480. The summed E-state index contributed by atoms with van der Waals surface area (Å²) in [7, 11) is 0. The van der Waals surface area contributed by atoms with Crippen LogP contribution in [0, 0.1) is 0 Å². The highest BCUT2D eigenvalue weighted by Gasteiger charge is 2.13. The highest BCUT2D eigenvalue weighted by molar-refractivity contribution is 7.98. The Balaban J connectivity index is 2.67. The summed E-state index contributed by atoms with van der Waals surface area (Å²) in [5.74, 6) is 1.22. The van der Waals surface area contributed by atoms with E-state index in [1.807, 2.05) is 11.8 Å². The maximum atomic E-state index is 4.64. The monoisotopic (exact) mass is 283 g/mol. The number of nitrogens with one attached hydrogen (secondary N) is 1. The van der Waals surface area contributed by atoms with Gasteiger partial charge in [-0.1, -0.05) is 13.8 Å². The van der Waals surface area contributed by atoms with Crippen LogP contribution in [0.3, 0.4) is 0 Å². The van der Waals surface area contributed by atoms with Crippen LogP contribution in [0.4, 0.5) is 0 Å². The van der Waals surface area contributed by atoms with Crippen LogP contribution in [0.15, 0.2) is 6.07 Å². The molecule has 1 aromatic rings. The Morgan fingerprint density at radius 1 is 1.37 bits per heavy atom. The predicted molar refractivity (Wildman–Crippen MR) is 86.1 cm³/mol. The normalized spacial score (nSPS) is 12.8. The molecule has 1 heterocycles. The van der Waals surface area contributed by atoms with Gasteiger partial charge in [0.1, 0.15) is 0 Å². The zero-order valence-corrected chi connectivity index (χ0v) is 13.7. The third-order valence-corrected chi connectivity index (χ3v) is 4.03. The zero-order valence-electron chi connectivity index (χ0n) is 12.9. The van der Waals surface area contributed by atoms with E-state index in [1.54, 1.807) is 0 Å². The summed E-state index contributed by atoms with van der Waals surface area (Å²) in [5, 5.41) is 8.32. The van der Waals surface area contributed by atoms with E-state index >= 15 is 0 Å². The van der Waals surface area contributed by atoms with Crippen LogP contribution in [0.1, 0.15) is 45.0 Å². The molecule has 0 amide bonds. The molecular formula is C15H29N3S. The lowest BCUT2D eigenvalue weighted by atomic mass is 10.1. The van der Waals surface area contributed by atoms with Crippen LogP contribution in [0.25, 0.3) is 0 Å². The van der Waals surface area contributed by atoms with Crippen molar-refractivity contribution in [2.24, 2.45) is 0 Å². The molecule has 4 heteroatoms. The van der Waals surface area contributed by atoms with Gasteiger partial charge in [-0.25, -0.2) is 0 Å².